The van der Waals surface area contributed by atoms with Gasteiger partial charge in [-0.05, 0) is 0 Å². The molecule has 0 aromatic rings. The molecule has 15 heavy (non-hydrogen) atoms. The lowest BCUT2D eigenvalue weighted by Crippen LogP contribution is -2.46. The lowest BCUT2D eigenvalue weighted by molar-refractivity contribution is -0.233. The molecule has 7 heteroatoms. The van der Waals surface area contributed by atoms with Gasteiger partial charge in [0.25, 0.3) is 0 Å². The normalized spacial score (nSPS) is 17.0. The van der Waals surface area contributed by atoms with Gasteiger partial charge in [0.1, 0.15) is 0 Å². The molecule has 0 nitrogen and oxygen atoms in total. The highest BCUT2D eigenvalue weighted by molar-refractivity contribution is 5.23. The Labute approximate surface area is 81.1 Å². The van der Waals surface area contributed by atoms with E-state index >= 15 is 0 Å². The average molecular weight is 236 g/mol. The van der Waals surface area contributed by atoms with Crippen LogP contribution in [0.3, 0.4) is 0 Å². The lowest BCUT2D eigenvalue weighted by atomic mass is 9.92. The van der Waals surface area contributed by atoms with Gasteiger partial charge >= 0.3 is 12.4 Å². The van der Waals surface area contributed by atoms with E-state index in [1.165, 1.54) is 0 Å². The maximum absolute atomic E-state index is 13.2. The second-order valence-electron chi connectivity index (χ2n) is 2.77. The van der Waals surface area contributed by atoms with Crippen LogP contribution in [0.4, 0.5) is 30.7 Å². The summed E-state index contributed by atoms with van der Waals surface area (Å²) in [5.74, 6) is 0. The number of hydrogen-bond donors (Lipinski definition) is 0. The molecule has 88 valence electrons. The second kappa shape index (κ2) is 3.86. The van der Waals surface area contributed by atoms with Gasteiger partial charge in [-0.2, -0.15) is 26.3 Å². The molecule has 0 saturated heterocycles. The summed E-state index contributed by atoms with van der Waals surface area (Å²) < 4.78 is 85.2. The molecule has 0 N–H and O–H groups in total. The van der Waals surface area contributed by atoms with E-state index < -0.39 is 30.0 Å². The van der Waals surface area contributed by atoms with Crippen molar-refractivity contribution >= 4 is 0 Å². The van der Waals surface area contributed by atoms with Crippen molar-refractivity contribution in [1.82, 2.24) is 0 Å². The van der Waals surface area contributed by atoms with Crippen LogP contribution in [0.25, 0.3) is 0 Å². The first kappa shape index (κ1) is 14.0. The van der Waals surface area contributed by atoms with E-state index in [1.807, 2.05) is 0 Å². The quantitative estimate of drug-likeness (QED) is 0.514. The minimum atomic E-state index is -5.67. The van der Waals surface area contributed by atoms with Crippen LogP contribution in [-0.4, -0.2) is 18.0 Å². The minimum absolute atomic E-state index is 0.421. The summed E-state index contributed by atoms with van der Waals surface area (Å²) in [6.45, 7) is 4.89. The molecule has 0 heterocycles. The zero-order chi connectivity index (χ0) is 12.5. The van der Waals surface area contributed by atoms with Gasteiger partial charge in [-0.3, -0.25) is 0 Å². The second-order valence-corrected chi connectivity index (χ2v) is 2.77. The van der Waals surface area contributed by atoms with Crippen LogP contribution in [-0.2, 0) is 0 Å². The maximum Gasteiger partial charge on any atom is 0.427 e. The zero-order valence-corrected chi connectivity index (χ0v) is 7.34. The van der Waals surface area contributed by atoms with Crippen LogP contribution in [0.1, 0.15) is 6.42 Å². The van der Waals surface area contributed by atoms with Crippen LogP contribution >= 0.6 is 0 Å². The number of rotatable bonds is 3. The molecule has 0 spiro atoms. The number of hydrogen-bond acceptors (Lipinski definition) is 0. The Balaban J connectivity index is 5.32. The first-order valence-corrected chi connectivity index (χ1v) is 3.60. The Morgan fingerprint density at radius 2 is 1.40 bits per heavy atom. The van der Waals surface area contributed by atoms with Gasteiger partial charge in [-0.1, -0.05) is 12.7 Å². The first-order valence-electron chi connectivity index (χ1n) is 3.60. The Morgan fingerprint density at radius 3 is 1.60 bits per heavy atom. The highest BCUT2D eigenvalue weighted by atomic mass is 19.4. The van der Waals surface area contributed by atoms with E-state index in [-0.39, 0.29) is 0 Å². The van der Waals surface area contributed by atoms with Crippen molar-refractivity contribution in [2.45, 2.75) is 24.4 Å². The molecule has 0 aliphatic rings. The van der Waals surface area contributed by atoms with Crippen molar-refractivity contribution in [2.24, 2.45) is 0 Å². The van der Waals surface area contributed by atoms with E-state index in [1.54, 1.807) is 0 Å². The molecule has 0 radical (unpaired) electrons. The summed E-state index contributed by atoms with van der Waals surface area (Å²) in [6, 6.07) is 0. The summed E-state index contributed by atoms with van der Waals surface area (Å²) in [5.41, 5.74) is -6.98. The predicted octanol–water partition coefficient (Wildman–Crippen LogP) is 3.95. The van der Waals surface area contributed by atoms with Crippen molar-refractivity contribution in [3.63, 3.8) is 0 Å². The molecular formula is C8H7F7. The fourth-order valence-electron chi connectivity index (χ4n) is 0.834. The van der Waals surface area contributed by atoms with Crippen molar-refractivity contribution in [3.05, 3.63) is 24.8 Å². The topological polar surface area (TPSA) is 0 Å². The van der Waals surface area contributed by atoms with Gasteiger partial charge in [0.2, 0.25) is 5.67 Å². The lowest BCUT2D eigenvalue weighted by Gasteiger charge is -2.29. The smallest absolute Gasteiger partial charge is 0.228 e. The molecule has 0 aliphatic carbocycles. The standard InChI is InChI=1S/C8H7F7/c1-3-4-6(9,8(13,14)15)5(2)7(10,11)12/h3H,1-2,4H2. The van der Waals surface area contributed by atoms with Crippen LogP contribution in [0.2, 0.25) is 0 Å². The fourth-order valence-corrected chi connectivity index (χ4v) is 0.834. The van der Waals surface area contributed by atoms with Gasteiger partial charge in [-0.25, -0.2) is 4.39 Å². The Hall–Kier alpha value is -1.01. The van der Waals surface area contributed by atoms with Crippen LogP contribution in [0, 0.1) is 0 Å². The van der Waals surface area contributed by atoms with Crippen molar-refractivity contribution in [3.8, 4) is 0 Å². The molecule has 0 aromatic heterocycles. The Morgan fingerprint density at radius 1 is 1.00 bits per heavy atom. The van der Waals surface area contributed by atoms with Gasteiger partial charge < -0.3 is 0 Å². The molecule has 1 unspecified atom stereocenters. The highest BCUT2D eigenvalue weighted by Crippen LogP contribution is 2.47. The SMILES string of the molecule is C=CCC(F)(C(=C)C(F)(F)F)C(F)(F)F. The van der Waals surface area contributed by atoms with Crippen molar-refractivity contribution in [1.29, 1.82) is 0 Å². The third-order valence-corrected chi connectivity index (χ3v) is 1.70. The molecule has 0 fully saturated rings. The number of halogens is 7. The zero-order valence-electron chi connectivity index (χ0n) is 7.34. The monoisotopic (exact) mass is 236 g/mol. The third-order valence-electron chi connectivity index (χ3n) is 1.70. The van der Waals surface area contributed by atoms with Gasteiger partial charge in [0.05, 0.1) is 5.57 Å². The average Bonchev–Trinajstić information content (AvgIpc) is 1.99. The number of alkyl halides is 7. The predicted molar refractivity (Wildman–Crippen MR) is 39.9 cm³/mol. The van der Waals surface area contributed by atoms with Crippen LogP contribution < -0.4 is 0 Å². The maximum atomic E-state index is 13.2. The molecule has 0 aromatic carbocycles. The minimum Gasteiger partial charge on any atom is -0.228 e. The van der Waals surface area contributed by atoms with Gasteiger partial charge in [0.15, 0.2) is 0 Å². The van der Waals surface area contributed by atoms with Crippen molar-refractivity contribution < 1.29 is 30.7 Å². The molecule has 1 atom stereocenters. The molecule has 0 rings (SSSR count). The van der Waals surface area contributed by atoms with E-state index in [0.29, 0.717) is 6.08 Å². The van der Waals surface area contributed by atoms with E-state index in [9.17, 15) is 30.7 Å². The van der Waals surface area contributed by atoms with Crippen LogP contribution in [0.5, 0.6) is 0 Å². The Bertz CT molecular complexity index is 259. The summed E-state index contributed by atoms with van der Waals surface area (Å²) >= 11 is 0. The summed E-state index contributed by atoms with van der Waals surface area (Å²) in [4.78, 5) is 0. The van der Waals surface area contributed by atoms with E-state index in [0.717, 1.165) is 0 Å². The molecule has 0 aliphatic heterocycles. The molecule has 0 bridgehead atoms. The third kappa shape index (κ3) is 2.73. The molecular weight excluding hydrogens is 229 g/mol. The fraction of sp³-hybridized carbons (Fsp3) is 0.500. The molecule has 0 amide bonds. The summed E-state index contributed by atoms with van der Waals surface area (Å²) in [5, 5.41) is 0. The highest BCUT2D eigenvalue weighted by Gasteiger charge is 2.63. The number of allylic oxidation sites excluding steroid dienone is 2. The van der Waals surface area contributed by atoms with Gasteiger partial charge in [0, 0.05) is 6.42 Å². The van der Waals surface area contributed by atoms with Crippen LogP contribution in [0.15, 0.2) is 24.8 Å². The van der Waals surface area contributed by atoms with E-state index in [2.05, 4.69) is 13.2 Å². The van der Waals surface area contributed by atoms with E-state index in [4.69, 9.17) is 0 Å². The largest absolute Gasteiger partial charge is 0.427 e. The Kier molecular flexibility index (Phi) is 3.60. The molecule has 0 saturated carbocycles. The van der Waals surface area contributed by atoms with Crippen molar-refractivity contribution in [2.75, 3.05) is 0 Å². The summed E-state index contributed by atoms with van der Waals surface area (Å²) in [6.07, 6.45) is -12.2. The van der Waals surface area contributed by atoms with Gasteiger partial charge in [-0.15, -0.1) is 6.58 Å². The summed E-state index contributed by atoms with van der Waals surface area (Å²) in [7, 11) is 0. The first-order chi connectivity index (χ1) is 6.47.